The summed E-state index contributed by atoms with van der Waals surface area (Å²) in [6, 6.07) is 4.26. The first-order chi connectivity index (χ1) is 14.6. The summed E-state index contributed by atoms with van der Waals surface area (Å²) in [6.07, 6.45) is 11.9. The normalized spacial score (nSPS) is 32.2. The van der Waals surface area contributed by atoms with Gasteiger partial charge in [0.2, 0.25) is 5.91 Å². The lowest BCUT2D eigenvalue weighted by Gasteiger charge is -2.55. The van der Waals surface area contributed by atoms with Gasteiger partial charge in [0.05, 0.1) is 11.1 Å². The molecular weight excluding hydrogens is 374 g/mol. The molecule has 4 saturated carbocycles. The number of hydrogen-bond donors (Lipinski definition) is 1. The third kappa shape index (κ3) is 3.08. The van der Waals surface area contributed by atoms with E-state index in [4.69, 9.17) is 0 Å². The number of fused-ring (bicyclic) bond motifs is 1. The minimum Gasteiger partial charge on any atom is -0.353 e. The van der Waals surface area contributed by atoms with Gasteiger partial charge in [-0.25, -0.2) is 9.97 Å². The molecule has 7 rings (SSSR count). The van der Waals surface area contributed by atoms with Crippen molar-refractivity contribution in [3.8, 4) is 0 Å². The number of aromatic nitrogens is 3. The number of carbonyl (C=O) groups is 1. The van der Waals surface area contributed by atoms with Crippen molar-refractivity contribution < 1.29 is 4.79 Å². The van der Waals surface area contributed by atoms with E-state index in [1.165, 1.54) is 25.0 Å². The van der Waals surface area contributed by atoms with Crippen molar-refractivity contribution in [3.63, 3.8) is 0 Å². The molecule has 6 heteroatoms. The first-order valence-electron chi connectivity index (χ1n) is 11.5. The molecule has 0 saturated heterocycles. The molecule has 6 nitrogen and oxygen atoms in total. The van der Waals surface area contributed by atoms with Crippen LogP contribution in [0.25, 0.3) is 0 Å². The highest BCUT2D eigenvalue weighted by Gasteiger charge is 2.54. The van der Waals surface area contributed by atoms with Crippen LogP contribution in [0.5, 0.6) is 0 Å². The van der Waals surface area contributed by atoms with Gasteiger partial charge in [-0.2, -0.15) is 0 Å². The van der Waals surface area contributed by atoms with Gasteiger partial charge in [0.1, 0.15) is 12.1 Å². The molecule has 1 amide bonds. The monoisotopic (exact) mass is 405 g/mol. The Kier molecular flexibility index (Phi) is 4.27. The number of aryl methyl sites for hydroxylation is 1. The Morgan fingerprint density at radius 1 is 1.17 bits per heavy atom. The fourth-order valence-electron chi connectivity index (χ4n) is 7.17. The first-order valence-corrected chi connectivity index (χ1v) is 11.5. The van der Waals surface area contributed by atoms with Gasteiger partial charge < -0.3 is 9.88 Å². The highest BCUT2D eigenvalue weighted by Crippen LogP contribution is 2.60. The van der Waals surface area contributed by atoms with E-state index in [0.717, 1.165) is 80.1 Å². The largest absolute Gasteiger partial charge is 0.353 e. The maximum atomic E-state index is 13.5. The van der Waals surface area contributed by atoms with Crippen LogP contribution in [0.3, 0.4) is 0 Å². The highest BCUT2D eigenvalue weighted by molar-refractivity contribution is 5.95. The van der Waals surface area contributed by atoms with Crippen molar-refractivity contribution in [2.24, 2.45) is 30.2 Å². The van der Waals surface area contributed by atoms with Crippen LogP contribution in [0.4, 0.5) is 5.82 Å². The van der Waals surface area contributed by atoms with Crippen molar-refractivity contribution in [1.82, 2.24) is 19.4 Å². The Balaban J connectivity index is 1.19. The molecule has 30 heavy (non-hydrogen) atoms. The Bertz CT molecular complexity index is 944. The number of amides is 1. The molecule has 4 aliphatic carbocycles. The van der Waals surface area contributed by atoms with Gasteiger partial charge in [-0.15, -0.1) is 0 Å². The SMILES string of the molecule is Cn1cccc1CN1CCc2c(ncnc2NC(=O)C23CC4CC(CC(C4)C2)C3)C1. The second-order valence-corrected chi connectivity index (χ2v) is 10.4. The fourth-order valence-corrected chi connectivity index (χ4v) is 7.17. The van der Waals surface area contributed by atoms with Crippen LogP contribution in [0.2, 0.25) is 0 Å². The van der Waals surface area contributed by atoms with Crippen molar-refractivity contribution >= 4 is 11.7 Å². The van der Waals surface area contributed by atoms with Crippen LogP contribution >= 0.6 is 0 Å². The van der Waals surface area contributed by atoms with E-state index in [9.17, 15) is 4.79 Å². The van der Waals surface area contributed by atoms with Crippen LogP contribution < -0.4 is 5.32 Å². The highest BCUT2D eigenvalue weighted by atomic mass is 16.2. The van der Waals surface area contributed by atoms with E-state index in [0.29, 0.717) is 0 Å². The van der Waals surface area contributed by atoms with E-state index in [2.05, 4.69) is 50.1 Å². The summed E-state index contributed by atoms with van der Waals surface area (Å²) in [7, 11) is 2.09. The second-order valence-electron chi connectivity index (χ2n) is 10.4. The van der Waals surface area contributed by atoms with Crippen molar-refractivity contribution in [2.45, 2.75) is 58.0 Å². The van der Waals surface area contributed by atoms with Crippen molar-refractivity contribution in [3.05, 3.63) is 41.6 Å². The fraction of sp³-hybridized carbons (Fsp3) is 0.625. The van der Waals surface area contributed by atoms with E-state index in [1.54, 1.807) is 6.33 Å². The van der Waals surface area contributed by atoms with E-state index < -0.39 is 0 Å². The lowest BCUT2D eigenvalue weighted by atomic mass is 9.49. The number of carbonyl (C=O) groups excluding carboxylic acids is 1. The smallest absolute Gasteiger partial charge is 0.231 e. The van der Waals surface area contributed by atoms with Crippen molar-refractivity contribution in [1.29, 1.82) is 0 Å². The zero-order valence-corrected chi connectivity index (χ0v) is 17.8. The number of rotatable bonds is 4. The molecule has 4 bridgehead atoms. The minimum absolute atomic E-state index is 0.139. The predicted octanol–water partition coefficient (Wildman–Crippen LogP) is 3.53. The average Bonchev–Trinajstić information content (AvgIpc) is 3.11. The van der Waals surface area contributed by atoms with Gasteiger partial charge in [0.15, 0.2) is 0 Å². The summed E-state index contributed by atoms with van der Waals surface area (Å²) in [4.78, 5) is 25.0. The van der Waals surface area contributed by atoms with E-state index in [-0.39, 0.29) is 11.3 Å². The third-order valence-electron chi connectivity index (χ3n) is 8.27. The molecule has 1 aliphatic heterocycles. The molecule has 2 aromatic heterocycles. The number of anilines is 1. The van der Waals surface area contributed by atoms with Crippen LogP contribution in [-0.4, -0.2) is 31.9 Å². The number of hydrogen-bond acceptors (Lipinski definition) is 4. The lowest BCUT2D eigenvalue weighted by molar-refractivity contribution is -0.140. The zero-order chi connectivity index (χ0) is 20.3. The molecule has 5 aliphatic rings. The number of nitrogens with one attached hydrogen (secondary N) is 1. The first kappa shape index (κ1) is 18.6. The van der Waals surface area contributed by atoms with Crippen LogP contribution in [-0.2, 0) is 31.4 Å². The Labute approximate surface area is 178 Å². The van der Waals surface area contributed by atoms with E-state index >= 15 is 0 Å². The molecule has 2 aromatic rings. The Morgan fingerprint density at radius 3 is 2.57 bits per heavy atom. The second kappa shape index (κ2) is 6.91. The summed E-state index contributed by atoms with van der Waals surface area (Å²) >= 11 is 0. The lowest BCUT2D eigenvalue weighted by Crippen LogP contribution is -2.52. The zero-order valence-electron chi connectivity index (χ0n) is 17.8. The van der Waals surface area contributed by atoms with Gasteiger partial charge >= 0.3 is 0 Å². The van der Waals surface area contributed by atoms with E-state index in [1.807, 2.05) is 0 Å². The Hall–Kier alpha value is -2.21. The summed E-state index contributed by atoms with van der Waals surface area (Å²) < 4.78 is 2.17. The molecule has 158 valence electrons. The Morgan fingerprint density at radius 2 is 1.90 bits per heavy atom. The molecule has 0 atom stereocenters. The van der Waals surface area contributed by atoms with Gasteiger partial charge in [-0.3, -0.25) is 9.69 Å². The van der Waals surface area contributed by atoms with Gasteiger partial charge in [0, 0.05) is 44.1 Å². The average molecular weight is 406 g/mol. The summed E-state index contributed by atoms with van der Waals surface area (Å²) in [5, 5.41) is 3.28. The molecule has 4 fully saturated rings. The van der Waals surface area contributed by atoms with Gasteiger partial charge in [-0.05, 0) is 74.8 Å². The van der Waals surface area contributed by atoms with Crippen LogP contribution in [0, 0.1) is 23.2 Å². The molecule has 0 radical (unpaired) electrons. The van der Waals surface area contributed by atoms with Gasteiger partial charge in [0.25, 0.3) is 0 Å². The quantitative estimate of drug-likeness (QED) is 0.845. The van der Waals surface area contributed by atoms with Crippen LogP contribution in [0.15, 0.2) is 24.7 Å². The van der Waals surface area contributed by atoms with Crippen molar-refractivity contribution in [2.75, 3.05) is 11.9 Å². The van der Waals surface area contributed by atoms with Crippen LogP contribution in [0.1, 0.15) is 55.5 Å². The molecular formula is C24H31N5O. The molecule has 0 unspecified atom stereocenters. The summed E-state index contributed by atoms with van der Waals surface area (Å²) in [5.41, 5.74) is 3.37. The number of nitrogens with zero attached hydrogens (tertiary/aromatic N) is 4. The third-order valence-corrected chi connectivity index (χ3v) is 8.27. The maximum Gasteiger partial charge on any atom is 0.231 e. The standard InChI is InChI=1S/C24H31N5O/c1-28-5-2-3-19(28)13-29-6-4-20-21(14-29)25-15-26-22(20)27-23(30)24-10-16-7-17(11-24)9-18(8-16)12-24/h2-3,5,15-18H,4,6-14H2,1H3,(H,25,26,27,30). The summed E-state index contributed by atoms with van der Waals surface area (Å²) in [6.45, 7) is 2.69. The predicted molar refractivity (Wildman–Crippen MR) is 114 cm³/mol. The molecule has 0 aromatic carbocycles. The summed E-state index contributed by atoms with van der Waals surface area (Å²) in [5.74, 6) is 3.31. The molecule has 3 heterocycles. The topological polar surface area (TPSA) is 63.1 Å². The van der Waals surface area contributed by atoms with Gasteiger partial charge in [-0.1, -0.05) is 0 Å². The maximum absolute atomic E-state index is 13.5. The molecule has 1 N–H and O–H groups in total. The minimum atomic E-state index is -0.139. The molecule has 0 spiro atoms.